The van der Waals surface area contributed by atoms with E-state index in [4.69, 9.17) is 11.6 Å². The Morgan fingerprint density at radius 1 is 1.47 bits per heavy atom. The second-order valence-corrected chi connectivity index (χ2v) is 4.54. The van der Waals surface area contributed by atoms with Crippen LogP contribution < -0.4 is 0 Å². The van der Waals surface area contributed by atoms with Crippen molar-refractivity contribution >= 4 is 22.9 Å². The molecule has 0 aliphatic rings. The summed E-state index contributed by atoms with van der Waals surface area (Å²) in [6.07, 6.45) is 0. The van der Waals surface area contributed by atoms with Gasteiger partial charge < -0.3 is 0 Å². The third-order valence-corrected chi connectivity index (χ3v) is 3.29. The molecule has 2 rings (SSSR count). The van der Waals surface area contributed by atoms with Crippen LogP contribution in [-0.2, 0) is 11.7 Å². The van der Waals surface area contributed by atoms with E-state index < -0.39 is 0 Å². The highest BCUT2D eigenvalue weighted by atomic mass is 35.5. The van der Waals surface area contributed by atoms with Crippen molar-refractivity contribution < 1.29 is 5.11 Å². The van der Waals surface area contributed by atoms with Crippen LogP contribution in [-0.4, -0.2) is 4.98 Å². The Balaban J connectivity index is 2.48. The first-order valence-corrected chi connectivity index (χ1v) is 5.75. The van der Waals surface area contributed by atoms with Crippen LogP contribution in [0, 0.1) is 6.92 Å². The maximum Gasteiger partial charge on any atom is 0.125 e. The highest BCUT2D eigenvalue weighted by Crippen LogP contribution is 2.29. The van der Waals surface area contributed by atoms with Crippen LogP contribution in [0.5, 0.6) is 0 Å². The van der Waals surface area contributed by atoms with Crippen molar-refractivity contribution in [3.63, 3.8) is 0 Å². The summed E-state index contributed by atoms with van der Waals surface area (Å²) in [5.41, 5.74) is 2.72. The monoisotopic (exact) mass is 238 g/mol. The molecule has 1 aromatic carbocycles. The van der Waals surface area contributed by atoms with Crippen LogP contribution in [0.25, 0.3) is 10.6 Å². The quantitative estimate of drug-likeness (QED) is 0.785. The van der Waals surface area contributed by atoms with Crippen LogP contribution in [0.3, 0.4) is 0 Å². The zero-order chi connectivity index (χ0) is 10.8. The predicted molar refractivity (Wildman–Crippen MR) is 61.7 cm³/mol. The van der Waals surface area contributed by atoms with Gasteiger partial charge in [0.05, 0.1) is 5.69 Å². The zero-order valence-electron chi connectivity index (χ0n) is 8.16. The molecule has 1 radical (unpaired) electrons. The van der Waals surface area contributed by atoms with Gasteiger partial charge in [-0.2, -0.15) is 0 Å². The molecular formula is C11H9ClNOS. The molecule has 0 aliphatic heterocycles. The van der Waals surface area contributed by atoms with E-state index in [1.165, 1.54) is 11.3 Å². The molecule has 15 heavy (non-hydrogen) atoms. The first kappa shape index (κ1) is 10.6. The molecule has 0 unspecified atom stereocenters. The molecule has 0 fully saturated rings. The summed E-state index contributed by atoms with van der Waals surface area (Å²) in [6.45, 7) is 1.74. The second kappa shape index (κ2) is 4.31. The standard InChI is InChI=1S/C11H9ClNOS/c1-7-2-3-8(12)4-10(7)11-13-9(5-14)6-15-11/h2-4,6H,5H2,1H3. The molecule has 4 heteroatoms. The summed E-state index contributed by atoms with van der Waals surface area (Å²) < 4.78 is 0. The van der Waals surface area contributed by atoms with Gasteiger partial charge in [0.15, 0.2) is 0 Å². The Morgan fingerprint density at radius 3 is 2.93 bits per heavy atom. The molecule has 2 nitrogen and oxygen atoms in total. The summed E-state index contributed by atoms with van der Waals surface area (Å²) in [4.78, 5) is 4.25. The van der Waals surface area contributed by atoms with Crippen LogP contribution in [0.4, 0.5) is 0 Å². The number of aromatic nitrogens is 1. The van der Waals surface area contributed by atoms with E-state index in [2.05, 4.69) is 4.98 Å². The number of thiazole rings is 1. The van der Waals surface area contributed by atoms with Gasteiger partial charge in [-0.05, 0) is 24.6 Å². The van der Waals surface area contributed by atoms with Gasteiger partial charge in [-0.3, -0.25) is 0 Å². The normalized spacial score (nSPS) is 10.6. The van der Waals surface area contributed by atoms with Crippen LogP contribution in [0.15, 0.2) is 23.6 Å². The van der Waals surface area contributed by atoms with Crippen molar-refractivity contribution in [2.45, 2.75) is 13.5 Å². The van der Waals surface area contributed by atoms with Crippen molar-refractivity contribution in [2.75, 3.05) is 0 Å². The average molecular weight is 239 g/mol. The number of halogens is 1. The summed E-state index contributed by atoms with van der Waals surface area (Å²) >= 11 is 7.40. The Morgan fingerprint density at radius 2 is 2.27 bits per heavy atom. The maximum absolute atomic E-state index is 10.6. The highest BCUT2D eigenvalue weighted by Gasteiger charge is 2.07. The fourth-order valence-corrected chi connectivity index (χ4v) is 2.38. The first-order chi connectivity index (χ1) is 7.20. The topological polar surface area (TPSA) is 32.8 Å². The Hall–Kier alpha value is -0.900. The minimum absolute atomic E-state index is 0.268. The van der Waals surface area contributed by atoms with Crippen molar-refractivity contribution in [3.05, 3.63) is 39.9 Å². The van der Waals surface area contributed by atoms with Crippen molar-refractivity contribution in [2.24, 2.45) is 0 Å². The number of benzene rings is 1. The molecule has 1 aromatic heterocycles. The Bertz CT molecular complexity index is 481. The second-order valence-electron chi connectivity index (χ2n) is 3.25. The summed E-state index contributed by atoms with van der Waals surface area (Å²) in [7, 11) is 0. The van der Waals surface area contributed by atoms with E-state index in [0.29, 0.717) is 10.7 Å². The largest absolute Gasteiger partial charge is 0.239 e. The Labute approximate surface area is 97.2 Å². The average Bonchev–Trinajstić information content (AvgIpc) is 2.70. The number of nitrogens with zero attached hydrogens (tertiary/aromatic N) is 1. The fraction of sp³-hybridized carbons (Fsp3) is 0.182. The van der Waals surface area contributed by atoms with E-state index in [-0.39, 0.29) is 6.61 Å². The summed E-state index contributed by atoms with van der Waals surface area (Å²) in [6, 6.07) is 5.68. The molecule has 0 saturated heterocycles. The van der Waals surface area contributed by atoms with Gasteiger partial charge in [-0.1, -0.05) is 17.7 Å². The van der Waals surface area contributed by atoms with Gasteiger partial charge in [0.25, 0.3) is 0 Å². The fourth-order valence-electron chi connectivity index (χ4n) is 1.32. The zero-order valence-corrected chi connectivity index (χ0v) is 9.73. The van der Waals surface area contributed by atoms with E-state index in [0.717, 1.165) is 16.1 Å². The minimum atomic E-state index is -0.268. The van der Waals surface area contributed by atoms with Crippen molar-refractivity contribution in [1.82, 2.24) is 4.98 Å². The lowest BCUT2D eigenvalue weighted by atomic mass is 10.1. The first-order valence-electron chi connectivity index (χ1n) is 4.49. The lowest BCUT2D eigenvalue weighted by Crippen LogP contribution is -1.84. The van der Waals surface area contributed by atoms with Gasteiger partial charge in [-0.25, -0.2) is 10.1 Å². The lowest BCUT2D eigenvalue weighted by Gasteiger charge is -2.02. The summed E-state index contributed by atoms with van der Waals surface area (Å²) in [5.74, 6) is 0. The Kier molecular flexibility index (Phi) is 3.05. The van der Waals surface area contributed by atoms with Crippen molar-refractivity contribution in [3.8, 4) is 10.6 Å². The predicted octanol–water partition coefficient (Wildman–Crippen LogP) is 3.70. The van der Waals surface area contributed by atoms with Gasteiger partial charge in [0.1, 0.15) is 11.6 Å². The van der Waals surface area contributed by atoms with E-state index in [1.807, 2.05) is 25.1 Å². The molecule has 0 bridgehead atoms. The number of hydrogen-bond acceptors (Lipinski definition) is 2. The number of aryl methyl sites for hydroxylation is 1. The maximum atomic E-state index is 10.6. The van der Waals surface area contributed by atoms with Crippen LogP contribution in [0.2, 0.25) is 5.02 Å². The molecule has 1 heterocycles. The third-order valence-electron chi connectivity index (χ3n) is 2.13. The summed E-state index contributed by atoms with van der Waals surface area (Å²) in [5, 5.41) is 14.0. The molecule has 0 aliphatic carbocycles. The number of rotatable bonds is 2. The molecule has 0 amide bonds. The van der Waals surface area contributed by atoms with Gasteiger partial charge in [0, 0.05) is 16.0 Å². The molecule has 77 valence electrons. The molecule has 0 saturated carbocycles. The lowest BCUT2D eigenvalue weighted by molar-refractivity contribution is 0.174. The van der Waals surface area contributed by atoms with Crippen molar-refractivity contribution in [1.29, 1.82) is 0 Å². The van der Waals surface area contributed by atoms with Gasteiger partial charge in [-0.15, -0.1) is 11.3 Å². The highest BCUT2D eigenvalue weighted by molar-refractivity contribution is 7.13. The third kappa shape index (κ3) is 2.20. The minimum Gasteiger partial charge on any atom is -0.239 e. The van der Waals surface area contributed by atoms with E-state index >= 15 is 0 Å². The number of hydrogen-bond donors (Lipinski definition) is 0. The van der Waals surface area contributed by atoms with Crippen LogP contribution >= 0.6 is 22.9 Å². The van der Waals surface area contributed by atoms with Gasteiger partial charge in [0.2, 0.25) is 0 Å². The van der Waals surface area contributed by atoms with E-state index in [9.17, 15) is 5.11 Å². The molecule has 2 aromatic rings. The van der Waals surface area contributed by atoms with E-state index in [1.54, 1.807) is 5.38 Å². The SMILES string of the molecule is Cc1ccc(Cl)cc1-c1nc(C[O])cs1. The molecule has 0 spiro atoms. The molecule has 0 N–H and O–H groups in total. The smallest absolute Gasteiger partial charge is 0.125 e. The molecule has 0 atom stereocenters. The molecular weight excluding hydrogens is 230 g/mol. The van der Waals surface area contributed by atoms with Gasteiger partial charge >= 0.3 is 0 Å². The van der Waals surface area contributed by atoms with Crippen LogP contribution in [0.1, 0.15) is 11.3 Å².